The van der Waals surface area contributed by atoms with Gasteiger partial charge in [-0.2, -0.15) is 0 Å². The topological polar surface area (TPSA) is 57.6 Å². The number of carboxylic acid groups (broad SMARTS) is 1. The predicted molar refractivity (Wildman–Crippen MR) is 90.2 cm³/mol. The highest BCUT2D eigenvalue weighted by molar-refractivity contribution is 6.42. The number of carbonyl (C=O) groups excluding carboxylic acids is 1. The lowest BCUT2D eigenvalue weighted by molar-refractivity contribution is -0.136. The third-order valence-corrected chi connectivity index (χ3v) is 4.56. The largest absolute Gasteiger partial charge is 0.480 e. The van der Waals surface area contributed by atoms with Crippen LogP contribution in [0.15, 0.2) is 36.4 Å². The molecule has 1 aliphatic heterocycles. The summed E-state index contributed by atoms with van der Waals surface area (Å²) in [5.74, 6) is -1.19. The Balaban J connectivity index is 2.00. The SMILES string of the molecule is O=C(O)CN1C(=O)CCc2cc(-c3ccc(Cl)c(Cl)c3)ccc21. The summed E-state index contributed by atoms with van der Waals surface area (Å²) in [6.45, 7) is -0.321. The van der Waals surface area contributed by atoms with Gasteiger partial charge in [0.25, 0.3) is 0 Å². The van der Waals surface area contributed by atoms with Crippen molar-refractivity contribution in [3.8, 4) is 11.1 Å². The van der Waals surface area contributed by atoms with E-state index in [9.17, 15) is 9.59 Å². The van der Waals surface area contributed by atoms with Gasteiger partial charge in [-0.1, -0.05) is 35.3 Å². The third-order valence-electron chi connectivity index (χ3n) is 3.83. The summed E-state index contributed by atoms with van der Waals surface area (Å²) in [6.07, 6.45) is 0.907. The fourth-order valence-corrected chi connectivity index (χ4v) is 3.02. The minimum Gasteiger partial charge on any atom is -0.480 e. The zero-order chi connectivity index (χ0) is 16.6. The summed E-state index contributed by atoms with van der Waals surface area (Å²) in [7, 11) is 0. The number of carbonyl (C=O) groups is 2. The van der Waals surface area contributed by atoms with E-state index in [1.807, 2.05) is 18.2 Å². The second-order valence-corrected chi connectivity index (χ2v) is 6.16. The molecule has 118 valence electrons. The first-order valence-electron chi connectivity index (χ1n) is 7.06. The molecule has 2 aromatic rings. The Hall–Kier alpha value is -2.04. The van der Waals surface area contributed by atoms with Crippen molar-refractivity contribution in [1.29, 1.82) is 0 Å². The lowest BCUT2D eigenvalue weighted by atomic mass is 9.96. The summed E-state index contributed by atoms with van der Waals surface area (Å²) in [6, 6.07) is 11.0. The number of benzene rings is 2. The lowest BCUT2D eigenvalue weighted by Gasteiger charge is -2.28. The molecule has 0 aliphatic carbocycles. The van der Waals surface area contributed by atoms with Crippen LogP contribution in [-0.4, -0.2) is 23.5 Å². The monoisotopic (exact) mass is 349 g/mol. The molecule has 0 fully saturated rings. The maximum Gasteiger partial charge on any atom is 0.323 e. The minimum absolute atomic E-state index is 0.165. The van der Waals surface area contributed by atoms with Crippen LogP contribution < -0.4 is 4.90 Å². The van der Waals surface area contributed by atoms with Crippen molar-refractivity contribution >= 4 is 40.8 Å². The molecule has 2 aromatic carbocycles. The van der Waals surface area contributed by atoms with E-state index in [1.165, 1.54) is 4.90 Å². The standard InChI is InChI=1S/C17H13Cl2NO3/c18-13-4-1-11(8-14(13)19)10-2-5-15-12(7-10)3-6-16(21)20(15)9-17(22)23/h1-2,4-5,7-8H,3,6,9H2,(H,22,23). The second kappa shape index (κ2) is 6.22. The van der Waals surface area contributed by atoms with E-state index in [0.29, 0.717) is 28.6 Å². The van der Waals surface area contributed by atoms with Crippen LogP contribution in [-0.2, 0) is 16.0 Å². The first-order valence-corrected chi connectivity index (χ1v) is 7.82. The molecular formula is C17H13Cl2NO3. The van der Waals surface area contributed by atoms with E-state index in [-0.39, 0.29) is 12.5 Å². The van der Waals surface area contributed by atoms with Crippen molar-refractivity contribution in [1.82, 2.24) is 0 Å². The Morgan fingerprint density at radius 1 is 1.04 bits per heavy atom. The van der Waals surface area contributed by atoms with Crippen LogP contribution in [0.1, 0.15) is 12.0 Å². The van der Waals surface area contributed by atoms with Crippen molar-refractivity contribution in [3.05, 3.63) is 52.0 Å². The molecule has 23 heavy (non-hydrogen) atoms. The molecule has 0 saturated carbocycles. The number of anilines is 1. The molecule has 1 aliphatic rings. The first kappa shape index (κ1) is 15.8. The molecule has 0 aromatic heterocycles. The summed E-state index contributed by atoms with van der Waals surface area (Å²) in [5, 5.41) is 9.95. The van der Waals surface area contributed by atoms with E-state index in [0.717, 1.165) is 16.7 Å². The van der Waals surface area contributed by atoms with Gasteiger partial charge in [-0.3, -0.25) is 9.59 Å². The predicted octanol–water partition coefficient (Wildman–Crippen LogP) is 4.02. The molecule has 0 spiro atoms. The van der Waals surface area contributed by atoms with Gasteiger partial charge in [0.1, 0.15) is 6.54 Å². The molecule has 1 N–H and O–H groups in total. The number of fused-ring (bicyclic) bond motifs is 1. The summed E-state index contributed by atoms with van der Waals surface area (Å²) in [5.41, 5.74) is 3.48. The number of aryl methyl sites for hydroxylation is 1. The van der Waals surface area contributed by atoms with Crippen molar-refractivity contribution in [2.75, 3.05) is 11.4 Å². The Morgan fingerprint density at radius 3 is 2.43 bits per heavy atom. The maximum absolute atomic E-state index is 12.0. The molecule has 0 unspecified atom stereocenters. The zero-order valence-electron chi connectivity index (χ0n) is 12.1. The fourth-order valence-electron chi connectivity index (χ4n) is 2.72. The van der Waals surface area contributed by atoms with Gasteiger partial charge < -0.3 is 10.0 Å². The molecule has 1 amide bonds. The number of nitrogens with zero attached hydrogens (tertiary/aromatic N) is 1. The molecule has 3 rings (SSSR count). The van der Waals surface area contributed by atoms with Crippen molar-refractivity contribution < 1.29 is 14.7 Å². The number of rotatable bonds is 3. The summed E-state index contributed by atoms with van der Waals surface area (Å²) in [4.78, 5) is 24.2. The van der Waals surface area contributed by atoms with Crippen molar-refractivity contribution in [2.45, 2.75) is 12.8 Å². The van der Waals surface area contributed by atoms with E-state index in [1.54, 1.807) is 18.2 Å². The van der Waals surface area contributed by atoms with Crippen molar-refractivity contribution in [3.63, 3.8) is 0 Å². The van der Waals surface area contributed by atoms with E-state index < -0.39 is 5.97 Å². The summed E-state index contributed by atoms with van der Waals surface area (Å²) < 4.78 is 0. The molecule has 0 saturated heterocycles. The van der Waals surface area contributed by atoms with Gasteiger partial charge in [-0.15, -0.1) is 0 Å². The third kappa shape index (κ3) is 3.19. The van der Waals surface area contributed by atoms with E-state index >= 15 is 0 Å². The normalized spacial score (nSPS) is 13.8. The highest BCUT2D eigenvalue weighted by Gasteiger charge is 2.26. The quantitative estimate of drug-likeness (QED) is 0.910. The Labute approximate surface area is 143 Å². The maximum atomic E-state index is 12.0. The Kier molecular flexibility index (Phi) is 4.28. The molecule has 6 heteroatoms. The van der Waals surface area contributed by atoms with Crippen LogP contribution in [0.3, 0.4) is 0 Å². The van der Waals surface area contributed by atoms with Crippen LogP contribution >= 0.6 is 23.2 Å². The Morgan fingerprint density at radius 2 is 1.74 bits per heavy atom. The van der Waals surface area contributed by atoms with Crippen LogP contribution in [0.25, 0.3) is 11.1 Å². The molecular weight excluding hydrogens is 337 g/mol. The van der Waals surface area contributed by atoms with Crippen LogP contribution in [0.4, 0.5) is 5.69 Å². The zero-order valence-corrected chi connectivity index (χ0v) is 13.6. The lowest BCUT2D eigenvalue weighted by Crippen LogP contribution is -2.38. The number of hydrogen-bond donors (Lipinski definition) is 1. The average molecular weight is 350 g/mol. The van der Waals surface area contributed by atoms with Gasteiger partial charge in [-0.05, 0) is 47.4 Å². The highest BCUT2D eigenvalue weighted by Crippen LogP contribution is 2.34. The average Bonchev–Trinajstić information content (AvgIpc) is 2.52. The van der Waals surface area contributed by atoms with Gasteiger partial charge in [0.2, 0.25) is 5.91 Å². The molecule has 0 radical (unpaired) electrons. The van der Waals surface area contributed by atoms with Gasteiger partial charge in [-0.25, -0.2) is 0 Å². The number of carboxylic acids is 1. The van der Waals surface area contributed by atoms with Gasteiger partial charge in [0.05, 0.1) is 10.0 Å². The molecule has 4 nitrogen and oxygen atoms in total. The number of halogens is 2. The first-order chi connectivity index (χ1) is 11.0. The van der Waals surface area contributed by atoms with Crippen LogP contribution in [0, 0.1) is 0 Å². The number of hydrogen-bond acceptors (Lipinski definition) is 2. The van der Waals surface area contributed by atoms with Crippen LogP contribution in [0.2, 0.25) is 10.0 Å². The van der Waals surface area contributed by atoms with Gasteiger partial charge >= 0.3 is 5.97 Å². The number of amides is 1. The van der Waals surface area contributed by atoms with Crippen LogP contribution in [0.5, 0.6) is 0 Å². The smallest absolute Gasteiger partial charge is 0.323 e. The van der Waals surface area contributed by atoms with Crippen molar-refractivity contribution in [2.24, 2.45) is 0 Å². The molecule has 0 atom stereocenters. The fraction of sp³-hybridized carbons (Fsp3) is 0.176. The van der Waals surface area contributed by atoms with Gasteiger partial charge in [0.15, 0.2) is 0 Å². The number of aliphatic carboxylic acids is 1. The summed E-state index contributed by atoms with van der Waals surface area (Å²) >= 11 is 12.0. The second-order valence-electron chi connectivity index (χ2n) is 5.35. The van der Waals surface area contributed by atoms with E-state index in [4.69, 9.17) is 28.3 Å². The Bertz CT molecular complexity index is 804. The van der Waals surface area contributed by atoms with Gasteiger partial charge in [0, 0.05) is 12.1 Å². The molecule has 1 heterocycles. The minimum atomic E-state index is -1.03. The molecule has 0 bridgehead atoms. The van der Waals surface area contributed by atoms with E-state index in [2.05, 4.69) is 0 Å². The highest BCUT2D eigenvalue weighted by atomic mass is 35.5.